The summed E-state index contributed by atoms with van der Waals surface area (Å²) >= 11 is 0. The highest BCUT2D eigenvalue weighted by Crippen LogP contribution is 2.10. The molecule has 0 aliphatic carbocycles. The van der Waals surface area contributed by atoms with E-state index in [0.717, 1.165) is 17.8 Å². The van der Waals surface area contributed by atoms with Crippen molar-refractivity contribution < 1.29 is 9.53 Å². The molecule has 0 spiro atoms. The fourth-order valence-corrected chi connectivity index (χ4v) is 1.19. The van der Waals surface area contributed by atoms with Gasteiger partial charge in [0.05, 0.1) is 12.2 Å². The van der Waals surface area contributed by atoms with Crippen LogP contribution in [0.5, 0.6) is 0 Å². The second-order valence-electron chi connectivity index (χ2n) is 3.61. The SMILES string of the molecule is C=C(C)CNc1ccc(C(=O)OCC)cc1. The minimum Gasteiger partial charge on any atom is -0.462 e. The molecule has 1 N–H and O–H groups in total. The smallest absolute Gasteiger partial charge is 0.338 e. The molecule has 0 radical (unpaired) electrons. The van der Waals surface area contributed by atoms with Crippen molar-refractivity contribution in [3.05, 3.63) is 42.0 Å². The number of carbonyl (C=O) groups is 1. The molecule has 0 aliphatic heterocycles. The third kappa shape index (κ3) is 3.77. The monoisotopic (exact) mass is 219 g/mol. The predicted molar refractivity (Wildman–Crippen MR) is 65.7 cm³/mol. The van der Waals surface area contributed by atoms with Crippen LogP contribution in [0.2, 0.25) is 0 Å². The minimum atomic E-state index is -0.283. The van der Waals surface area contributed by atoms with Gasteiger partial charge >= 0.3 is 5.97 Å². The first kappa shape index (κ1) is 12.3. The van der Waals surface area contributed by atoms with Crippen LogP contribution in [-0.4, -0.2) is 19.1 Å². The average Bonchev–Trinajstić information content (AvgIpc) is 2.27. The van der Waals surface area contributed by atoms with Gasteiger partial charge in [-0.25, -0.2) is 4.79 Å². The lowest BCUT2D eigenvalue weighted by molar-refractivity contribution is 0.0526. The van der Waals surface area contributed by atoms with Crippen LogP contribution in [0, 0.1) is 0 Å². The van der Waals surface area contributed by atoms with Gasteiger partial charge in [-0.3, -0.25) is 0 Å². The summed E-state index contributed by atoms with van der Waals surface area (Å²) in [4.78, 5) is 11.4. The molecule has 0 saturated carbocycles. The van der Waals surface area contributed by atoms with Crippen LogP contribution in [0.3, 0.4) is 0 Å². The number of benzene rings is 1. The van der Waals surface area contributed by atoms with E-state index in [1.165, 1.54) is 0 Å². The Bertz CT molecular complexity index is 368. The largest absolute Gasteiger partial charge is 0.462 e. The van der Waals surface area contributed by atoms with Gasteiger partial charge in [-0.15, -0.1) is 0 Å². The minimum absolute atomic E-state index is 0.283. The molecule has 86 valence electrons. The van der Waals surface area contributed by atoms with E-state index in [9.17, 15) is 4.79 Å². The maximum Gasteiger partial charge on any atom is 0.338 e. The third-order valence-electron chi connectivity index (χ3n) is 1.99. The summed E-state index contributed by atoms with van der Waals surface area (Å²) in [5.74, 6) is -0.283. The van der Waals surface area contributed by atoms with Gasteiger partial charge in [0.1, 0.15) is 0 Å². The number of nitrogens with one attached hydrogen (secondary N) is 1. The molecule has 0 amide bonds. The van der Waals surface area contributed by atoms with Gasteiger partial charge in [0.2, 0.25) is 0 Å². The number of esters is 1. The summed E-state index contributed by atoms with van der Waals surface area (Å²) in [5.41, 5.74) is 2.60. The summed E-state index contributed by atoms with van der Waals surface area (Å²) in [6.45, 7) is 8.69. The fourth-order valence-electron chi connectivity index (χ4n) is 1.19. The van der Waals surface area contributed by atoms with Crippen LogP contribution in [0.1, 0.15) is 24.2 Å². The third-order valence-corrected chi connectivity index (χ3v) is 1.99. The molecular formula is C13H17NO2. The topological polar surface area (TPSA) is 38.3 Å². The standard InChI is InChI=1S/C13H17NO2/c1-4-16-13(15)11-5-7-12(8-6-11)14-9-10(2)3/h5-8,14H,2,4,9H2,1,3H3. The van der Waals surface area contributed by atoms with Crippen molar-refractivity contribution in [3.63, 3.8) is 0 Å². The van der Waals surface area contributed by atoms with Crippen LogP contribution in [0.25, 0.3) is 0 Å². The van der Waals surface area contributed by atoms with Crippen molar-refractivity contribution in [1.29, 1.82) is 0 Å². The van der Waals surface area contributed by atoms with Crippen molar-refractivity contribution in [2.45, 2.75) is 13.8 Å². The molecule has 16 heavy (non-hydrogen) atoms. The number of carbonyl (C=O) groups excluding carboxylic acids is 1. The van der Waals surface area contributed by atoms with E-state index < -0.39 is 0 Å². The van der Waals surface area contributed by atoms with Gasteiger partial charge in [0.25, 0.3) is 0 Å². The molecule has 0 atom stereocenters. The van der Waals surface area contributed by atoms with Crippen molar-refractivity contribution >= 4 is 11.7 Å². The van der Waals surface area contributed by atoms with E-state index in [1.54, 1.807) is 19.1 Å². The maximum atomic E-state index is 11.4. The van der Waals surface area contributed by atoms with Crippen LogP contribution in [0.4, 0.5) is 5.69 Å². The van der Waals surface area contributed by atoms with E-state index in [4.69, 9.17) is 4.74 Å². The summed E-state index contributed by atoms with van der Waals surface area (Å²) in [7, 11) is 0. The summed E-state index contributed by atoms with van der Waals surface area (Å²) in [6.07, 6.45) is 0. The summed E-state index contributed by atoms with van der Waals surface area (Å²) < 4.78 is 4.89. The summed E-state index contributed by atoms with van der Waals surface area (Å²) in [6, 6.07) is 7.21. The van der Waals surface area contributed by atoms with E-state index >= 15 is 0 Å². The van der Waals surface area contributed by atoms with Gasteiger partial charge in [-0.2, -0.15) is 0 Å². The second kappa shape index (κ2) is 5.95. The number of hydrogen-bond donors (Lipinski definition) is 1. The molecule has 0 unspecified atom stereocenters. The van der Waals surface area contributed by atoms with Gasteiger partial charge in [-0.1, -0.05) is 12.2 Å². The van der Waals surface area contributed by atoms with Gasteiger partial charge < -0.3 is 10.1 Å². The number of ether oxygens (including phenoxy) is 1. The Morgan fingerprint density at radius 1 is 1.38 bits per heavy atom. The lowest BCUT2D eigenvalue weighted by atomic mass is 10.2. The van der Waals surface area contributed by atoms with Gasteiger partial charge in [0, 0.05) is 12.2 Å². The molecule has 0 bridgehead atoms. The van der Waals surface area contributed by atoms with Crippen LogP contribution in [-0.2, 0) is 4.74 Å². The first-order valence-corrected chi connectivity index (χ1v) is 5.29. The Labute approximate surface area is 96.1 Å². The first-order valence-electron chi connectivity index (χ1n) is 5.29. The molecule has 1 aromatic rings. The first-order chi connectivity index (χ1) is 7.63. The number of rotatable bonds is 5. The quantitative estimate of drug-likeness (QED) is 0.611. The van der Waals surface area contributed by atoms with Gasteiger partial charge in [-0.05, 0) is 38.1 Å². The lowest BCUT2D eigenvalue weighted by Gasteiger charge is -2.06. The normalized spacial score (nSPS) is 9.62. The number of hydrogen-bond acceptors (Lipinski definition) is 3. The number of anilines is 1. The molecule has 0 heterocycles. The molecule has 1 aromatic carbocycles. The Morgan fingerprint density at radius 3 is 2.50 bits per heavy atom. The molecule has 3 heteroatoms. The van der Waals surface area contributed by atoms with Crippen LogP contribution >= 0.6 is 0 Å². The molecule has 0 aromatic heterocycles. The highest BCUT2D eigenvalue weighted by Gasteiger charge is 2.04. The summed E-state index contributed by atoms with van der Waals surface area (Å²) in [5, 5.41) is 3.19. The zero-order chi connectivity index (χ0) is 12.0. The molecular weight excluding hydrogens is 202 g/mol. The highest BCUT2D eigenvalue weighted by molar-refractivity contribution is 5.89. The molecule has 1 rings (SSSR count). The van der Waals surface area contributed by atoms with Gasteiger partial charge in [0.15, 0.2) is 0 Å². The van der Waals surface area contributed by atoms with E-state index in [1.807, 2.05) is 19.1 Å². The molecule has 0 saturated heterocycles. The Kier molecular flexibility index (Phi) is 4.58. The van der Waals surface area contributed by atoms with Crippen molar-refractivity contribution in [2.24, 2.45) is 0 Å². The average molecular weight is 219 g/mol. The van der Waals surface area contributed by atoms with E-state index in [2.05, 4.69) is 11.9 Å². The Morgan fingerprint density at radius 2 is 2.00 bits per heavy atom. The molecule has 0 fully saturated rings. The van der Waals surface area contributed by atoms with Crippen molar-refractivity contribution in [1.82, 2.24) is 0 Å². The van der Waals surface area contributed by atoms with Crippen molar-refractivity contribution in [2.75, 3.05) is 18.5 Å². The lowest BCUT2D eigenvalue weighted by Crippen LogP contribution is -2.05. The van der Waals surface area contributed by atoms with Crippen LogP contribution in [0.15, 0.2) is 36.4 Å². The van der Waals surface area contributed by atoms with E-state index in [0.29, 0.717) is 12.2 Å². The molecule has 3 nitrogen and oxygen atoms in total. The fraction of sp³-hybridized carbons (Fsp3) is 0.308. The second-order valence-corrected chi connectivity index (χ2v) is 3.61. The maximum absolute atomic E-state index is 11.4. The Hall–Kier alpha value is -1.77. The van der Waals surface area contributed by atoms with E-state index in [-0.39, 0.29) is 5.97 Å². The predicted octanol–water partition coefficient (Wildman–Crippen LogP) is 2.85. The Balaban J connectivity index is 2.60. The zero-order valence-corrected chi connectivity index (χ0v) is 9.75. The molecule has 0 aliphatic rings. The zero-order valence-electron chi connectivity index (χ0n) is 9.75. The highest BCUT2D eigenvalue weighted by atomic mass is 16.5. The van der Waals surface area contributed by atoms with Crippen molar-refractivity contribution in [3.8, 4) is 0 Å². The van der Waals surface area contributed by atoms with Crippen LogP contribution < -0.4 is 5.32 Å².